The van der Waals surface area contributed by atoms with E-state index in [0.717, 1.165) is 12.1 Å². The van der Waals surface area contributed by atoms with Crippen LogP contribution in [0.3, 0.4) is 0 Å². The van der Waals surface area contributed by atoms with E-state index in [0.29, 0.717) is 0 Å². The maximum absolute atomic E-state index is 12.0. The second-order valence-electron chi connectivity index (χ2n) is 4.77. The monoisotopic (exact) mass is 360 g/mol. The van der Waals surface area contributed by atoms with Crippen molar-refractivity contribution in [2.24, 2.45) is 0 Å². The molecule has 8 nitrogen and oxygen atoms in total. The van der Waals surface area contributed by atoms with Gasteiger partial charge in [0.1, 0.15) is 0 Å². The molecule has 0 unspecified atom stereocenters. The summed E-state index contributed by atoms with van der Waals surface area (Å²) in [5.74, 6) is -2.75. The Morgan fingerprint density at radius 2 is 1.04 bits per heavy atom. The summed E-state index contributed by atoms with van der Waals surface area (Å²) in [6.45, 7) is 0. The second kappa shape index (κ2) is 4.53. The van der Waals surface area contributed by atoms with Crippen molar-refractivity contribution in [2.75, 3.05) is 0 Å². The third kappa shape index (κ3) is 1.71. The van der Waals surface area contributed by atoms with Gasteiger partial charge in [-0.2, -0.15) is 0 Å². The zero-order valence-electron chi connectivity index (χ0n) is 10.9. The summed E-state index contributed by atoms with van der Waals surface area (Å²) in [6, 6.07) is 1.93. The van der Waals surface area contributed by atoms with Gasteiger partial charge in [-0.3, -0.25) is 0 Å². The third-order valence-electron chi connectivity index (χ3n) is 3.55. The van der Waals surface area contributed by atoms with Crippen molar-refractivity contribution < 1.29 is 45.8 Å². The van der Waals surface area contributed by atoms with Gasteiger partial charge in [-0.1, -0.05) is 0 Å². The summed E-state index contributed by atoms with van der Waals surface area (Å²) in [7, 11) is 0. The minimum atomic E-state index is -0.941. The van der Waals surface area contributed by atoms with E-state index in [4.69, 9.17) is 8.83 Å². The van der Waals surface area contributed by atoms with Crippen LogP contribution in [0, 0.1) is 0 Å². The van der Waals surface area contributed by atoms with Crippen LogP contribution < -0.4 is 11.3 Å². The van der Waals surface area contributed by atoms with Crippen LogP contribution in [0.25, 0.3) is 32.7 Å². The molecule has 4 rings (SSSR count). The maximum Gasteiger partial charge on any atom is 0.344 e. The number of aromatic hydroxyl groups is 4. The average molecular weight is 361 g/mol. The van der Waals surface area contributed by atoms with E-state index < -0.39 is 45.4 Å². The van der Waals surface area contributed by atoms with Crippen LogP contribution in [0.15, 0.2) is 30.6 Å². The van der Waals surface area contributed by atoms with Crippen LogP contribution in [0.1, 0.15) is 0 Å². The van der Waals surface area contributed by atoms with Gasteiger partial charge in [0, 0.05) is 27.3 Å². The molecule has 4 aromatic rings. The zero-order valence-corrected chi connectivity index (χ0v) is 11.9. The fraction of sp³-hybridized carbons (Fsp3) is 0. The zero-order chi connectivity index (χ0) is 15.8. The Balaban J connectivity index is 0.00000156. The van der Waals surface area contributed by atoms with Crippen LogP contribution in [0.5, 0.6) is 23.0 Å². The molecule has 2 aromatic heterocycles. The molecule has 4 N–H and O–H groups in total. The van der Waals surface area contributed by atoms with E-state index >= 15 is 0 Å². The number of benzene rings is 2. The Bertz CT molecular complexity index is 1110. The first-order valence-corrected chi connectivity index (χ1v) is 6.02. The Labute approximate surface area is 135 Å². The van der Waals surface area contributed by atoms with E-state index in [9.17, 15) is 30.0 Å². The molecule has 0 aliphatic rings. The Morgan fingerprint density at radius 1 is 0.696 bits per heavy atom. The Morgan fingerprint density at radius 3 is 1.39 bits per heavy atom. The molecule has 0 saturated carbocycles. The molecule has 0 fully saturated rings. The maximum atomic E-state index is 12.0. The number of hydrogen-bond acceptors (Lipinski definition) is 8. The van der Waals surface area contributed by atoms with Crippen molar-refractivity contribution >= 4 is 32.7 Å². The summed E-state index contributed by atoms with van der Waals surface area (Å²) in [6.07, 6.45) is 0. The molecular weight excluding hydrogens is 355 g/mol. The van der Waals surface area contributed by atoms with Gasteiger partial charge < -0.3 is 29.3 Å². The molecule has 2 aromatic carbocycles. The molecular formula is C14H6NiO8. The van der Waals surface area contributed by atoms with Crippen LogP contribution in [-0.4, -0.2) is 20.4 Å². The molecule has 23 heavy (non-hydrogen) atoms. The van der Waals surface area contributed by atoms with Crippen molar-refractivity contribution in [2.45, 2.75) is 0 Å². The van der Waals surface area contributed by atoms with Crippen LogP contribution in [-0.2, 0) is 16.5 Å². The standard InChI is InChI=1S/C14H6O8.Ni/c15-5-1-3-7-8-4(14(20)22-11(7)9(5)17)2-6(16)10(18)12(8)21-13(3)19;/h1-2,15-18H;. The van der Waals surface area contributed by atoms with Gasteiger partial charge in [-0.15, -0.1) is 0 Å². The SMILES string of the molecule is O=c1oc2c(O)c(O)cc3c(=O)oc4c(O)c(O)cc1c4c23.[Ni]. The molecule has 0 aliphatic carbocycles. The van der Waals surface area contributed by atoms with E-state index in [-0.39, 0.29) is 38.0 Å². The van der Waals surface area contributed by atoms with Crippen molar-refractivity contribution in [3.8, 4) is 23.0 Å². The first-order chi connectivity index (χ1) is 10.4. The topological polar surface area (TPSA) is 141 Å². The number of rotatable bonds is 0. The number of phenols is 4. The Hall–Kier alpha value is -2.93. The second-order valence-corrected chi connectivity index (χ2v) is 4.77. The molecule has 0 radical (unpaired) electrons. The Kier molecular flexibility index (Phi) is 2.95. The van der Waals surface area contributed by atoms with Gasteiger partial charge in [0.05, 0.1) is 10.8 Å². The molecule has 0 spiro atoms. The van der Waals surface area contributed by atoms with Gasteiger partial charge in [0.25, 0.3) is 0 Å². The smallest absolute Gasteiger partial charge is 0.344 e. The van der Waals surface area contributed by atoms with E-state index in [1.54, 1.807) is 0 Å². The molecule has 2 heterocycles. The van der Waals surface area contributed by atoms with E-state index in [1.807, 2.05) is 0 Å². The molecule has 120 valence electrons. The van der Waals surface area contributed by atoms with Gasteiger partial charge in [-0.05, 0) is 12.1 Å². The fourth-order valence-corrected chi connectivity index (χ4v) is 2.58. The minimum absolute atomic E-state index is 0. The molecule has 0 amide bonds. The summed E-state index contributed by atoms with van der Waals surface area (Å²) >= 11 is 0. The molecule has 9 heteroatoms. The predicted octanol–water partition coefficient (Wildman–Crippen LogP) is 1.31. The summed E-state index contributed by atoms with van der Waals surface area (Å²) < 4.78 is 9.87. The summed E-state index contributed by atoms with van der Waals surface area (Å²) in [5.41, 5.74) is -2.70. The van der Waals surface area contributed by atoms with Crippen molar-refractivity contribution in [1.29, 1.82) is 0 Å². The van der Waals surface area contributed by atoms with Crippen molar-refractivity contribution in [1.82, 2.24) is 0 Å². The van der Waals surface area contributed by atoms with Gasteiger partial charge in [0.2, 0.25) is 11.5 Å². The first-order valence-electron chi connectivity index (χ1n) is 6.02. The molecule has 0 saturated heterocycles. The molecule has 0 atom stereocenters. The largest absolute Gasteiger partial charge is 0.504 e. The first kappa shape index (κ1) is 15.0. The quantitative estimate of drug-likeness (QED) is 0.159. The number of phenolic OH excluding ortho intramolecular Hbond substituents is 4. The third-order valence-corrected chi connectivity index (χ3v) is 3.55. The van der Waals surface area contributed by atoms with Crippen molar-refractivity contribution in [3.05, 3.63) is 33.0 Å². The minimum Gasteiger partial charge on any atom is -0.504 e. The average Bonchev–Trinajstić information content (AvgIpc) is 2.47. The van der Waals surface area contributed by atoms with E-state index in [1.165, 1.54) is 0 Å². The summed E-state index contributed by atoms with van der Waals surface area (Å²) in [4.78, 5) is 24.0. The van der Waals surface area contributed by atoms with Crippen LogP contribution in [0.2, 0.25) is 0 Å². The molecule has 0 aliphatic heterocycles. The van der Waals surface area contributed by atoms with Gasteiger partial charge in [0.15, 0.2) is 22.7 Å². The van der Waals surface area contributed by atoms with Crippen LogP contribution >= 0.6 is 0 Å². The van der Waals surface area contributed by atoms with Gasteiger partial charge in [-0.25, -0.2) is 9.59 Å². The predicted molar refractivity (Wildman–Crippen MR) is 73.9 cm³/mol. The molecule has 0 bridgehead atoms. The van der Waals surface area contributed by atoms with Crippen LogP contribution in [0.4, 0.5) is 0 Å². The van der Waals surface area contributed by atoms with Crippen molar-refractivity contribution in [3.63, 3.8) is 0 Å². The van der Waals surface area contributed by atoms with Gasteiger partial charge >= 0.3 is 11.3 Å². The summed E-state index contributed by atoms with van der Waals surface area (Å²) in [5, 5.41) is 38.7. The fourth-order valence-electron chi connectivity index (χ4n) is 2.58. The number of hydrogen-bond donors (Lipinski definition) is 4. The van der Waals surface area contributed by atoms with E-state index in [2.05, 4.69) is 0 Å². The normalized spacial score (nSPS) is 11.3.